The Balaban J connectivity index is 1.17. The van der Waals surface area contributed by atoms with Crippen LogP contribution in [0.2, 0.25) is 0 Å². The van der Waals surface area contributed by atoms with Gasteiger partial charge in [0.25, 0.3) is 5.91 Å². The number of rotatable bonds is 9. The van der Waals surface area contributed by atoms with E-state index in [2.05, 4.69) is 37.4 Å². The quantitative estimate of drug-likeness (QED) is 0.249. The van der Waals surface area contributed by atoms with Crippen LogP contribution in [0.5, 0.6) is 5.75 Å². The van der Waals surface area contributed by atoms with Gasteiger partial charge < -0.3 is 10.1 Å². The number of aryl methyl sites for hydroxylation is 2. The normalized spacial score (nSPS) is 13.9. The molecule has 3 amide bonds. The number of halogens is 3. The maximum absolute atomic E-state index is 12.9. The number of amides is 3. The van der Waals surface area contributed by atoms with Gasteiger partial charge in [-0.1, -0.05) is 49.7 Å². The minimum absolute atomic E-state index is 0.0344. The summed E-state index contributed by atoms with van der Waals surface area (Å²) < 4.78 is 42.6. The average Bonchev–Trinajstić information content (AvgIpc) is 3.61. The van der Waals surface area contributed by atoms with Gasteiger partial charge in [0.15, 0.2) is 5.82 Å². The smallest absolute Gasteiger partial charge is 0.406 e. The predicted octanol–water partition coefficient (Wildman–Crippen LogP) is 5.73. The van der Waals surface area contributed by atoms with Gasteiger partial charge in [0, 0.05) is 11.6 Å². The Morgan fingerprint density at radius 1 is 1.07 bits per heavy atom. The van der Waals surface area contributed by atoms with Gasteiger partial charge in [0.05, 0.1) is 11.4 Å². The van der Waals surface area contributed by atoms with Gasteiger partial charge in [-0.05, 0) is 73.7 Å². The molecule has 0 spiro atoms. The fourth-order valence-electron chi connectivity index (χ4n) is 4.98. The van der Waals surface area contributed by atoms with Crippen LogP contribution in [0.4, 0.5) is 23.7 Å². The lowest BCUT2D eigenvalue weighted by molar-refractivity contribution is -0.274. The molecule has 0 bridgehead atoms. The topological polar surface area (TPSA) is 114 Å². The fourth-order valence-corrected chi connectivity index (χ4v) is 4.98. The number of benzene rings is 3. The van der Waals surface area contributed by atoms with Crippen LogP contribution >= 0.6 is 0 Å². The Bertz CT molecular complexity index is 1700. The first-order chi connectivity index (χ1) is 21.5. The van der Waals surface area contributed by atoms with Crippen molar-refractivity contribution in [1.29, 1.82) is 0 Å². The monoisotopic (exact) mass is 619 g/mol. The second-order valence-corrected chi connectivity index (χ2v) is 10.7. The maximum Gasteiger partial charge on any atom is 0.573 e. The lowest BCUT2D eigenvalue weighted by atomic mass is 10.0. The number of nitrogens with one attached hydrogen (secondary N) is 2. The van der Waals surface area contributed by atoms with E-state index < -0.39 is 12.4 Å². The number of hydrogen-bond acceptors (Lipinski definition) is 6. The van der Waals surface area contributed by atoms with E-state index >= 15 is 0 Å². The summed E-state index contributed by atoms with van der Waals surface area (Å²) in [7, 11) is 0. The molecule has 1 aromatic heterocycles. The van der Waals surface area contributed by atoms with Crippen LogP contribution in [0.25, 0.3) is 17.1 Å². The second kappa shape index (κ2) is 13.2. The van der Waals surface area contributed by atoms with E-state index in [-0.39, 0.29) is 30.2 Å². The van der Waals surface area contributed by atoms with Gasteiger partial charge in [-0.2, -0.15) is 0 Å². The fraction of sp³-hybridized carbons (Fsp3) is 0.281. The van der Waals surface area contributed by atoms with Crippen molar-refractivity contribution in [2.75, 3.05) is 11.4 Å². The Morgan fingerprint density at radius 3 is 2.49 bits per heavy atom. The highest BCUT2D eigenvalue weighted by molar-refractivity contribution is 6.23. The zero-order valence-corrected chi connectivity index (χ0v) is 24.9. The molecule has 0 saturated heterocycles. The van der Waals surface area contributed by atoms with Crippen LogP contribution in [0.3, 0.4) is 0 Å². The standard InChI is InChI=1S/C32H32F3N7O3/c1-4-5-23-9-6-20(2)16-27(23)42-28(43)18-36-30(42)39-31(44)38-21(3)17-22-7-10-24(11-8-22)29-37-19-41(40-29)25-12-14-26(15-13-25)45-32(33,34)35/h6-16,19,21H,4-5,17-18H2,1-3H3,(H2,36,38,39,44). The molecular formula is C32H32F3N7O3. The summed E-state index contributed by atoms with van der Waals surface area (Å²) in [5, 5.41) is 10.1. The maximum atomic E-state index is 12.9. The van der Waals surface area contributed by atoms with Crippen LogP contribution in [-0.2, 0) is 17.6 Å². The lowest BCUT2D eigenvalue weighted by Gasteiger charge is -2.23. The molecule has 3 aromatic carbocycles. The number of hydrogen-bond donors (Lipinski definition) is 2. The number of urea groups is 1. The zero-order valence-electron chi connectivity index (χ0n) is 24.9. The van der Waals surface area contributed by atoms with Crippen molar-refractivity contribution in [3.05, 3.63) is 89.7 Å². The van der Waals surface area contributed by atoms with Crippen LogP contribution in [-0.4, -0.2) is 51.6 Å². The summed E-state index contributed by atoms with van der Waals surface area (Å²) in [6, 6.07) is 18.1. The molecule has 0 saturated carbocycles. The van der Waals surface area contributed by atoms with Crippen molar-refractivity contribution >= 4 is 23.6 Å². The minimum Gasteiger partial charge on any atom is -0.406 e. The average molecular weight is 620 g/mol. The highest BCUT2D eigenvalue weighted by Crippen LogP contribution is 2.27. The number of anilines is 1. The van der Waals surface area contributed by atoms with Crippen molar-refractivity contribution < 1.29 is 27.5 Å². The molecular weight excluding hydrogens is 587 g/mol. The second-order valence-electron chi connectivity index (χ2n) is 10.7. The number of nitrogens with zero attached hydrogens (tertiary/aromatic N) is 5. The summed E-state index contributed by atoms with van der Waals surface area (Å²) >= 11 is 0. The van der Waals surface area contributed by atoms with Gasteiger partial charge in [-0.25, -0.2) is 24.4 Å². The van der Waals surface area contributed by atoms with E-state index in [1.165, 1.54) is 40.2 Å². The predicted molar refractivity (Wildman–Crippen MR) is 163 cm³/mol. The molecule has 234 valence electrons. The van der Waals surface area contributed by atoms with Crippen molar-refractivity contribution in [2.45, 2.75) is 52.4 Å². The van der Waals surface area contributed by atoms with Crippen LogP contribution in [0.15, 0.2) is 78.0 Å². The van der Waals surface area contributed by atoms with E-state index in [9.17, 15) is 22.8 Å². The molecule has 4 aromatic rings. The van der Waals surface area contributed by atoms with Gasteiger partial charge in [-0.3, -0.25) is 10.1 Å². The summed E-state index contributed by atoms with van der Waals surface area (Å²) in [5.74, 6) is 0.120. The Hall–Kier alpha value is -5.20. The van der Waals surface area contributed by atoms with Crippen molar-refractivity contribution in [1.82, 2.24) is 25.4 Å². The molecule has 1 aliphatic heterocycles. The number of carbonyl (C=O) groups is 2. The largest absolute Gasteiger partial charge is 0.573 e. The summed E-state index contributed by atoms with van der Waals surface area (Å²) in [4.78, 5) is 35.7. The molecule has 1 aliphatic rings. The first-order valence-electron chi connectivity index (χ1n) is 14.4. The molecule has 5 rings (SSSR count). The third kappa shape index (κ3) is 7.85. The molecule has 1 atom stereocenters. The van der Waals surface area contributed by atoms with Crippen molar-refractivity contribution in [3.63, 3.8) is 0 Å². The number of carbonyl (C=O) groups excluding carboxylic acids is 2. The van der Waals surface area contributed by atoms with Crippen LogP contribution in [0, 0.1) is 6.92 Å². The minimum atomic E-state index is -4.76. The highest BCUT2D eigenvalue weighted by Gasteiger charge is 2.31. The van der Waals surface area contributed by atoms with E-state index in [0.29, 0.717) is 17.9 Å². The number of alkyl halides is 3. The van der Waals surface area contributed by atoms with Crippen LogP contribution < -0.4 is 20.3 Å². The van der Waals surface area contributed by atoms with Gasteiger partial charge in [-0.15, -0.1) is 18.3 Å². The van der Waals surface area contributed by atoms with Crippen molar-refractivity contribution in [3.8, 4) is 22.8 Å². The highest BCUT2D eigenvalue weighted by atomic mass is 19.4. The molecule has 0 fully saturated rings. The van der Waals surface area contributed by atoms with E-state index in [0.717, 1.165) is 40.8 Å². The first kappa shape index (κ1) is 31.2. The Labute approximate surface area is 257 Å². The molecule has 13 heteroatoms. The summed E-state index contributed by atoms with van der Waals surface area (Å²) in [6.45, 7) is 5.87. The molecule has 0 radical (unpaired) electrons. The Kier molecular flexibility index (Phi) is 9.16. The Morgan fingerprint density at radius 2 is 1.80 bits per heavy atom. The number of aromatic nitrogens is 3. The van der Waals surface area contributed by atoms with Crippen LogP contribution in [0.1, 0.15) is 37.0 Å². The molecule has 10 nitrogen and oxygen atoms in total. The van der Waals surface area contributed by atoms with Crippen molar-refractivity contribution in [2.24, 2.45) is 4.99 Å². The van der Waals surface area contributed by atoms with Gasteiger partial charge >= 0.3 is 12.4 Å². The molecule has 2 heterocycles. The van der Waals surface area contributed by atoms with E-state index in [1.54, 1.807) is 0 Å². The first-order valence-corrected chi connectivity index (χ1v) is 14.4. The molecule has 45 heavy (non-hydrogen) atoms. The third-order valence-corrected chi connectivity index (χ3v) is 7.01. The number of ether oxygens (including phenoxy) is 1. The lowest BCUT2D eigenvalue weighted by Crippen LogP contribution is -2.50. The van der Waals surface area contributed by atoms with Gasteiger partial charge in [0.2, 0.25) is 5.96 Å². The SMILES string of the molecule is CCCc1ccc(C)cc1N1C(=O)CN=C1NC(=O)NC(C)Cc1ccc(-c2ncn(-c3ccc(OC(F)(F)F)cc3)n2)cc1. The summed E-state index contributed by atoms with van der Waals surface area (Å²) in [6.07, 6.45) is -1.04. The number of aliphatic imine (C=N–C) groups is 1. The third-order valence-electron chi connectivity index (χ3n) is 7.01. The molecule has 0 aliphatic carbocycles. The molecule has 2 N–H and O–H groups in total. The molecule has 1 unspecified atom stereocenters. The van der Waals surface area contributed by atoms with Gasteiger partial charge in [0.1, 0.15) is 18.6 Å². The number of guanidine groups is 1. The van der Waals surface area contributed by atoms with E-state index in [4.69, 9.17) is 0 Å². The summed E-state index contributed by atoms with van der Waals surface area (Å²) in [5.41, 5.74) is 4.99. The zero-order chi connectivity index (χ0) is 32.1. The van der Waals surface area contributed by atoms with E-state index in [1.807, 2.05) is 56.3 Å².